The molecular weight excluding hydrogens is 377 g/mol. The van der Waals surface area contributed by atoms with E-state index < -0.39 is 30.7 Å². The molecular formula is C18H23F3N4O3. The Morgan fingerprint density at radius 2 is 1.96 bits per heavy atom. The Balaban J connectivity index is 1.99. The number of anilines is 1. The summed E-state index contributed by atoms with van der Waals surface area (Å²) in [5.74, 6) is -1.11. The monoisotopic (exact) mass is 400 g/mol. The molecule has 10 heteroatoms. The van der Waals surface area contributed by atoms with Crippen molar-refractivity contribution in [3.8, 4) is 0 Å². The molecule has 0 radical (unpaired) electrons. The fourth-order valence-electron chi connectivity index (χ4n) is 2.86. The number of nitrogens with one attached hydrogen (secondary N) is 3. The van der Waals surface area contributed by atoms with Gasteiger partial charge in [0.05, 0.1) is 0 Å². The zero-order chi connectivity index (χ0) is 20.7. The molecule has 1 aromatic rings. The highest BCUT2D eigenvalue weighted by Crippen LogP contribution is 2.20. The summed E-state index contributed by atoms with van der Waals surface area (Å²) >= 11 is 0. The molecule has 0 saturated carbocycles. The van der Waals surface area contributed by atoms with Gasteiger partial charge in [-0.05, 0) is 37.5 Å². The predicted octanol–water partition coefficient (Wildman–Crippen LogP) is 2.50. The second-order valence-corrected chi connectivity index (χ2v) is 6.45. The van der Waals surface area contributed by atoms with Gasteiger partial charge in [0.15, 0.2) is 0 Å². The number of alkyl halides is 3. The number of likely N-dealkylation sites (tertiary alicyclic amines) is 1. The van der Waals surface area contributed by atoms with Gasteiger partial charge < -0.3 is 20.9 Å². The fourth-order valence-corrected chi connectivity index (χ4v) is 2.86. The van der Waals surface area contributed by atoms with Gasteiger partial charge in [-0.1, -0.05) is 13.0 Å². The van der Waals surface area contributed by atoms with Crippen LogP contribution in [0.5, 0.6) is 0 Å². The van der Waals surface area contributed by atoms with Crippen molar-refractivity contribution in [3.63, 3.8) is 0 Å². The molecule has 1 fully saturated rings. The van der Waals surface area contributed by atoms with Gasteiger partial charge in [0.2, 0.25) is 5.91 Å². The molecule has 7 nitrogen and oxygen atoms in total. The number of benzene rings is 1. The van der Waals surface area contributed by atoms with Crippen molar-refractivity contribution < 1.29 is 27.6 Å². The lowest BCUT2D eigenvalue weighted by atomic mass is 10.2. The molecule has 0 aromatic heterocycles. The molecule has 1 aliphatic heterocycles. The molecule has 1 aliphatic rings. The predicted molar refractivity (Wildman–Crippen MR) is 96.9 cm³/mol. The molecule has 154 valence electrons. The number of halogens is 3. The van der Waals surface area contributed by atoms with Crippen molar-refractivity contribution in [2.24, 2.45) is 0 Å². The number of carbonyl (C=O) groups excluding carboxylic acids is 3. The number of hydrogen-bond acceptors (Lipinski definition) is 3. The third-order valence-electron chi connectivity index (χ3n) is 4.19. The van der Waals surface area contributed by atoms with Crippen LogP contribution in [-0.4, -0.2) is 54.6 Å². The molecule has 28 heavy (non-hydrogen) atoms. The smallest absolute Gasteiger partial charge is 0.352 e. The van der Waals surface area contributed by atoms with E-state index in [1.165, 1.54) is 11.0 Å². The Morgan fingerprint density at radius 1 is 1.21 bits per heavy atom. The van der Waals surface area contributed by atoms with Crippen LogP contribution in [0.3, 0.4) is 0 Å². The second kappa shape index (κ2) is 9.43. The van der Waals surface area contributed by atoms with Gasteiger partial charge in [-0.2, -0.15) is 13.2 Å². The van der Waals surface area contributed by atoms with Crippen molar-refractivity contribution in [3.05, 3.63) is 29.8 Å². The Kier molecular flexibility index (Phi) is 7.24. The summed E-state index contributed by atoms with van der Waals surface area (Å²) in [5.41, 5.74) is 0.725. The van der Waals surface area contributed by atoms with Gasteiger partial charge in [0, 0.05) is 24.3 Å². The molecule has 4 amide bonds. The van der Waals surface area contributed by atoms with Crippen molar-refractivity contribution in [2.45, 2.75) is 38.4 Å². The molecule has 0 aliphatic carbocycles. The van der Waals surface area contributed by atoms with Crippen molar-refractivity contribution in [2.75, 3.05) is 25.0 Å². The average molecular weight is 400 g/mol. The summed E-state index contributed by atoms with van der Waals surface area (Å²) in [6.07, 6.45) is -2.93. The van der Waals surface area contributed by atoms with Crippen LogP contribution in [-0.2, 0) is 4.79 Å². The van der Waals surface area contributed by atoms with Crippen molar-refractivity contribution >= 4 is 23.5 Å². The molecule has 1 saturated heterocycles. The molecule has 1 atom stereocenters. The highest BCUT2D eigenvalue weighted by Gasteiger charge is 2.36. The standard InChI is InChI=1S/C18H23F3N4O3/c1-2-8-22-15(26)12-5-3-6-13(10-12)24-17(28)25-9-4-7-14(25)16(27)23-11-18(19,20)21/h3,5-6,10,14H,2,4,7-9,11H2,1H3,(H,22,26)(H,23,27)(H,24,28). The number of rotatable bonds is 6. The van der Waals surface area contributed by atoms with Crippen LogP contribution < -0.4 is 16.0 Å². The Morgan fingerprint density at radius 3 is 2.64 bits per heavy atom. The summed E-state index contributed by atoms with van der Waals surface area (Å²) in [4.78, 5) is 37.7. The minimum absolute atomic E-state index is 0.257. The molecule has 0 bridgehead atoms. The van der Waals surface area contributed by atoms with Gasteiger partial charge in [0.1, 0.15) is 12.6 Å². The van der Waals surface area contributed by atoms with Gasteiger partial charge in [-0.15, -0.1) is 0 Å². The largest absolute Gasteiger partial charge is 0.405 e. The van der Waals surface area contributed by atoms with E-state index in [1.54, 1.807) is 18.2 Å². The van der Waals surface area contributed by atoms with Crippen LogP contribution in [0.25, 0.3) is 0 Å². The highest BCUT2D eigenvalue weighted by molar-refractivity contribution is 5.98. The number of nitrogens with zero attached hydrogens (tertiary/aromatic N) is 1. The Bertz CT molecular complexity index is 724. The Labute approximate surface area is 160 Å². The summed E-state index contributed by atoms with van der Waals surface area (Å²) in [6.45, 7) is 1.27. The number of urea groups is 1. The summed E-state index contributed by atoms with van der Waals surface area (Å²) in [6, 6.07) is 4.73. The zero-order valence-electron chi connectivity index (χ0n) is 15.4. The first kappa shape index (κ1) is 21.5. The van der Waals surface area contributed by atoms with E-state index in [4.69, 9.17) is 0 Å². The van der Waals surface area contributed by atoms with E-state index in [1.807, 2.05) is 12.2 Å². The van der Waals surface area contributed by atoms with Crippen LogP contribution in [0.4, 0.5) is 23.7 Å². The van der Waals surface area contributed by atoms with Crippen LogP contribution in [0.15, 0.2) is 24.3 Å². The summed E-state index contributed by atoms with van der Waals surface area (Å²) < 4.78 is 36.9. The van der Waals surface area contributed by atoms with Crippen LogP contribution >= 0.6 is 0 Å². The highest BCUT2D eigenvalue weighted by atomic mass is 19.4. The van der Waals surface area contributed by atoms with Crippen LogP contribution in [0.1, 0.15) is 36.5 Å². The maximum Gasteiger partial charge on any atom is 0.405 e. The minimum Gasteiger partial charge on any atom is -0.352 e. The van der Waals surface area contributed by atoms with Gasteiger partial charge >= 0.3 is 12.2 Å². The van der Waals surface area contributed by atoms with Gasteiger partial charge in [0.25, 0.3) is 5.91 Å². The maximum absolute atomic E-state index is 12.5. The lowest BCUT2D eigenvalue weighted by Crippen LogP contribution is -2.49. The molecule has 1 aromatic carbocycles. The van der Waals surface area contributed by atoms with E-state index in [0.717, 1.165) is 6.42 Å². The zero-order valence-corrected chi connectivity index (χ0v) is 15.4. The number of amides is 4. The van der Waals surface area contributed by atoms with Crippen molar-refractivity contribution in [1.29, 1.82) is 0 Å². The van der Waals surface area contributed by atoms with Gasteiger partial charge in [-0.25, -0.2) is 4.79 Å². The van der Waals surface area contributed by atoms with E-state index in [-0.39, 0.29) is 18.9 Å². The first-order valence-electron chi connectivity index (χ1n) is 9.01. The van der Waals surface area contributed by atoms with E-state index >= 15 is 0 Å². The van der Waals surface area contributed by atoms with Gasteiger partial charge in [-0.3, -0.25) is 9.59 Å². The average Bonchev–Trinajstić information content (AvgIpc) is 3.14. The van der Waals surface area contributed by atoms with Crippen molar-refractivity contribution in [1.82, 2.24) is 15.5 Å². The normalized spacial score (nSPS) is 16.6. The number of carbonyl (C=O) groups is 3. The van der Waals surface area contributed by atoms with E-state index in [0.29, 0.717) is 24.2 Å². The fraction of sp³-hybridized carbons (Fsp3) is 0.500. The molecule has 0 spiro atoms. The van der Waals surface area contributed by atoms with Crippen LogP contribution in [0, 0.1) is 0 Å². The lowest BCUT2D eigenvalue weighted by Gasteiger charge is -2.24. The first-order valence-corrected chi connectivity index (χ1v) is 9.01. The third-order valence-corrected chi connectivity index (χ3v) is 4.19. The SMILES string of the molecule is CCCNC(=O)c1cccc(NC(=O)N2CCCC2C(=O)NCC(F)(F)F)c1. The molecule has 3 N–H and O–H groups in total. The van der Waals surface area contributed by atoms with E-state index in [2.05, 4.69) is 10.6 Å². The Hall–Kier alpha value is -2.78. The quantitative estimate of drug-likeness (QED) is 0.685. The maximum atomic E-state index is 12.5. The molecule has 1 heterocycles. The minimum atomic E-state index is -4.51. The molecule has 2 rings (SSSR count). The third kappa shape index (κ3) is 6.14. The second-order valence-electron chi connectivity index (χ2n) is 6.45. The topological polar surface area (TPSA) is 90.5 Å². The first-order chi connectivity index (χ1) is 13.2. The van der Waals surface area contributed by atoms with Crippen LogP contribution in [0.2, 0.25) is 0 Å². The summed E-state index contributed by atoms with van der Waals surface area (Å²) in [5, 5.41) is 7.14. The summed E-state index contributed by atoms with van der Waals surface area (Å²) in [7, 11) is 0. The number of hydrogen-bond donors (Lipinski definition) is 3. The molecule has 1 unspecified atom stereocenters. The lowest BCUT2D eigenvalue weighted by molar-refractivity contribution is -0.140. The van der Waals surface area contributed by atoms with E-state index in [9.17, 15) is 27.6 Å².